The van der Waals surface area contributed by atoms with Crippen LogP contribution in [-0.4, -0.2) is 28.0 Å². The summed E-state index contributed by atoms with van der Waals surface area (Å²) in [6.45, 7) is 8.41. The average molecular weight is 787 g/mol. The van der Waals surface area contributed by atoms with Crippen LogP contribution in [0.25, 0.3) is 5.69 Å². The zero-order chi connectivity index (χ0) is 36.9. The van der Waals surface area contributed by atoms with Crippen LogP contribution in [-0.2, 0) is 10.2 Å². The quantitative estimate of drug-likeness (QED) is 0.0812. The molecule has 266 valence electrons. The van der Waals surface area contributed by atoms with E-state index in [1.165, 1.54) is 29.5 Å². The van der Waals surface area contributed by atoms with Crippen molar-refractivity contribution in [3.8, 4) is 11.4 Å². The number of ether oxygens (including phenoxy) is 1. The van der Waals surface area contributed by atoms with Crippen molar-refractivity contribution in [3.63, 3.8) is 0 Å². The van der Waals surface area contributed by atoms with E-state index < -0.39 is 11.7 Å². The first-order valence-corrected chi connectivity index (χ1v) is 18.8. The molecule has 0 aliphatic heterocycles. The van der Waals surface area contributed by atoms with Crippen molar-refractivity contribution >= 4 is 92.6 Å². The third-order valence-corrected chi connectivity index (χ3v) is 10.3. The molecule has 5 rings (SSSR count). The minimum Gasteiger partial charge on any atom is -0.481 e. The molecular formula is C37H36Cl4N6O3S. The van der Waals surface area contributed by atoms with Crippen LogP contribution in [0.4, 0.5) is 28.6 Å². The van der Waals surface area contributed by atoms with Crippen LogP contribution >= 0.6 is 58.2 Å². The summed E-state index contributed by atoms with van der Waals surface area (Å²) in [4.78, 5) is 28.1. The Labute approximate surface area is 320 Å². The summed E-state index contributed by atoms with van der Waals surface area (Å²) >= 11 is 27.2. The van der Waals surface area contributed by atoms with Crippen molar-refractivity contribution in [1.29, 1.82) is 0 Å². The van der Waals surface area contributed by atoms with Gasteiger partial charge in [0.1, 0.15) is 11.4 Å². The maximum absolute atomic E-state index is 13.9. The first-order chi connectivity index (χ1) is 24.3. The average Bonchev–Trinajstić information content (AvgIpc) is 3.40. The van der Waals surface area contributed by atoms with Crippen LogP contribution in [0.15, 0.2) is 98.8 Å². The predicted octanol–water partition coefficient (Wildman–Crippen LogP) is 12.1. The second-order valence-corrected chi connectivity index (χ2v) is 14.7. The largest absolute Gasteiger partial charge is 0.481 e. The molecule has 0 radical (unpaired) electrons. The van der Waals surface area contributed by atoms with Gasteiger partial charge >= 0.3 is 5.56 Å². The van der Waals surface area contributed by atoms with E-state index in [1.807, 2.05) is 55.6 Å². The summed E-state index contributed by atoms with van der Waals surface area (Å²) in [5.74, 6) is 0.405. The molecule has 0 aliphatic carbocycles. The number of rotatable bonds is 13. The highest BCUT2D eigenvalue weighted by molar-refractivity contribution is 7.98. The summed E-state index contributed by atoms with van der Waals surface area (Å²) in [7, 11) is 0. The fourth-order valence-corrected chi connectivity index (χ4v) is 6.75. The van der Waals surface area contributed by atoms with Crippen molar-refractivity contribution < 1.29 is 9.53 Å². The number of thioether (sulfide) groups is 1. The lowest BCUT2D eigenvalue weighted by atomic mass is 9.82. The number of H-pyrrole nitrogens is 1. The first kappa shape index (κ1) is 38.3. The van der Waals surface area contributed by atoms with Gasteiger partial charge < -0.3 is 15.4 Å². The number of halogens is 4. The number of carbonyl (C=O) groups excluding carboxylic acids is 1. The minimum atomic E-state index is -0.752. The molecule has 0 aliphatic rings. The number of nitrogens with zero attached hydrogens (tertiary/aromatic N) is 3. The molecule has 51 heavy (non-hydrogen) atoms. The predicted molar refractivity (Wildman–Crippen MR) is 212 cm³/mol. The molecule has 14 heteroatoms. The number of hydrogen-bond acceptors (Lipinski definition) is 7. The Morgan fingerprint density at radius 1 is 0.941 bits per heavy atom. The number of carbonyl (C=O) groups is 1. The maximum atomic E-state index is 13.9. The number of azo groups is 1. The van der Waals surface area contributed by atoms with E-state index in [1.54, 1.807) is 24.3 Å². The third kappa shape index (κ3) is 8.94. The first-order valence-electron chi connectivity index (χ1n) is 16.0. The number of anilines is 3. The van der Waals surface area contributed by atoms with Gasteiger partial charge in [0.25, 0.3) is 5.91 Å². The van der Waals surface area contributed by atoms with E-state index >= 15 is 0 Å². The van der Waals surface area contributed by atoms with Gasteiger partial charge in [0.2, 0.25) is 0 Å². The Bertz CT molecular complexity index is 2110. The lowest BCUT2D eigenvalue weighted by molar-refractivity contribution is -0.122. The molecule has 1 unspecified atom stereocenters. The fourth-order valence-electron chi connectivity index (χ4n) is 5.06. The number of aromatic amines is 1. The highest BCUT2D eigenvalue weighted by atomic mass is 35.5. The van der Waals surface area contributed by atoms with Gasteiger partial charge in [-0.25, -0.2) is 4.68 Å². The monoisotopic (exact) mass is 784 g/mol. The van der Waals surface area contributed by atoms with Crippen molar-refractivity contribution in [2.24, 2.45) is 10.2 Å². The Morgan fingerprint density at radius 3 is 2.27 bits per heavy atom. The zero-order valence-corrected chi connectivity index (χ0v) is 32.3. The highest BCUT2D eigenvalue weighted by Gasteiger charge is 2.23. The third-order valence-electron chi connectivity index (χ3n) is 8.37. The molecule has 3 N–H and O–H groups in total. The molecule has 0 saturated carbocycles. The minimum absolute atomic E-state index is 0.0369. The number of nitrogens with one attached hydrogen (secondary N) is 3. The maximum Gasteiger partial charge on any atom is 0.301 e. The van der Waals surface area contributed by atoms with Crippen LogP contribution in [0.5, 0.6) is 5.75 Å². The van der Waals surface area contributed by atoms with Crippen molar-refractivity contribution in [2.45, 2.75) is 57.0 Å². The van der Waals surface area contributed by atoms with E-state index in [0.29, 0.717) is 39.3 Å². The van der Waals surface area contributed by atoms with Gasteiger partial charge in [0.05, 0.1) is 26.4 Å². The number of benzene rings is 4. The molecule has 1 atom stereocenters. The van der Waals surface area contributed by atoms with Gasteiger partial charge in [-0.15, -0.1) is 22.0 Å². The smallest absolute Gasteiger partial charge is 0.301 e. The summed E-state index contributed by atoms with van der Waals surface area (Å²) in [6, 6.07) is 23.1. The van der Waals surface area contributed by atoms with Gasteiger partial charge in [0.15, 0.2) is 17.6 Å². The van der Waals surface area contributed by atoms with Crippen LogP contribution < -0.4 is 20.9 Å². The van der Waals surface area contributed by atoms with Crippen molar-refractivity contribution in [3.05, 3.63) is 115 Å². The fraction of sp³-hybridized carbons (Fsp3) is 0.243. The van der Waals surface area contributed by atoms with Crippen molar-refractivity contribution in [2.75, 3.05) is 16.9 Å². The second kappa shape index (κ2) is 16.6. The van der Waals surface area contributed by atoms with E-state index in [2.05, 4.69) is 46.7 Å². The van der Waals surface area contributed by atoms with E-state index in [-0.39, 0.29) is 38.6 Å². The molecule has 1 heterocycles. The Kier molecular flexibility index (Phi) is 12.5. The van der Waals surface area contributed by atoms with E-state index in [0.717, 1.165) is 16.0 Å². The summed E-state index contributed by atoms with van der Waals surface area (Å²) in [5.41, 5.74) is 2.10. The Balaban J connectivity index is 1.45. The van der Waals surface area contributed by atoms with Gasteiger partial charge in [-0.1, -0.05) is 98.4 Å². The van der Waals surface area contributed by atoms with E-state index in [9.17, 15) is 9.59 Å². The lowest BCUT2D eigenvalue weighted by Crippen LogP contribution is -2.32. The van der Waals surface area contributed by atoms with Crippen LogP contribution in [0, 0.1) is 0 Å². The number of aromatic nitrogens is 2. The van der Waals surface area contributed by atoms with Gasteiger partial charge in [-0.3, -0.25) is 14.7 Å². The van der Waals surface area contributed by atoms with Gasteiger partial charge in [0, 0.05) is 15.6 Å². The van der Waals surface area contributed by atoms with Gasteiger partial charge in [-0.2, -0.15) is 0 Å². The van der Waals surface area contributed by atoms with Crippen LogP contribution in [0.1, 0.15) is 46.1 Å². The standard InChI is InChI=1S/C37H36Cl4N6O3S/c1-6-30(50-24-15-12-21(13-16-24)37(3,4)7-2)35(48)42-23-14-17-25(39)29(20-23)43-34-32(45-44-28-10-8-9-11-31(28)51-5)36(49)47(46-34)33-26(40)18-22(38)19-27(33)41/h8-20,30,43,46H,6-7H2,1-5H3,(H,42,48). The van der Waals surface area contributed by atoms with Gasteiger partial charge in [-0.05, 0) is 84.7 Å². The van der Waals surface area contributed by atoms with E-state index in [4.69, 9.17) is 51.1 Å². The normalized spacial score (nSPS) is 12.3. The molecule has 9 nitrogen and oxygen atoms in total. The Morgan fingerprint density at radius 2 is 1.63 bits per heavy atom. The SMILES string of the molecule is CCC(Oc1ccc(C(C)(C)CC)cc1)C(=O)Nc1ccc(Cl)c(Nc2[nH]n(-c3c(Cl)cc(Cl)cc3Cl)c(=O)c2N=Nc2ccccc2SC)c1. The molecule has 1 amide bonds. The summed E-state index contributed by atoms with van der Waals surface area (Å²) < 4.78 is 7.23. The Hall–Kier alpha value is -3.93. The topological polar surface area (TPSA) is 113 Å². The van der Waals surface area contributed by atoms with Crippen molar-refractivity contribution in [1.82, 2.24) is 9.78 Å². The summed E-state index contributed by atoms with van der Waals surface area (Å²) in [5, 5.41) is 18.7. The summed E-state index contributed by atoms with van der Waals surface area (Å²) in [6.07, 6.45) is 2.60. The molecule has 0 spiro atoms. The van der Waals surface area contributed by atoms with Crippen LogP contribution in [0.3, 0.4) is 0 Å². The van der Waals surface area contributed by atoms with Crippen LogP contribution in [0.2, 0.25) is 20.1 Å². The lowest BCUT2D eigenvalue weighted by Gasteiger charge is -2.24. The molecule has 0 fully saturated rings. The molecular weight excluding hydrogens is 750 g/mol. The molecule has 0 saturated heterocycles. The zero-order valence-electron chi connectivity index (χ0n) is 28.5. The number of amides is 1. The molecule has 1 aromatic heterocycles. The second-order valence-electron chi connectivity index (χ2n) is 12.2. The molecule has 4 aromatic carbocycles. The highest BCUT2D eigenvalue weighted by Crippen LogP contribution is 2.36. The molecule has 5 aromatic rings. The molecule has 0 bridgehead atoms. The number of hydrogen-bond donors (Lipinski definition) is 3.